The van der Waals surface area contributed by atoms with E-state index in [0.717, 1.165) is 42.9 Å². The molecule has 0 saturated carbocycles. The summed E-state index contributed by atoms with van der Waals surface area (Å²) in [5.41, 5.74) is 1.00. The lowest BCUT2D eigenvalue weighted by atomic mass is 9.92. The van der Waals surface area contributed by atoms with Crippen LogP contribution in [0.2, 0.25) is 0 Å². The Bertz CT molecular complexity index is 695. The average molecular weight is 297 g/mol. The lowest BCUT2D eigenvalue weighted by Crippen LogP contribution is -2.43. The molecular formula is C17H19N3O2. The Labute approximate surface area is 129 Å². The van der Waals surface area contributed by atoms with E-state index in [1.54, 1.807) is 0 Å². The van der Waals surface area contributed by atoms with Crippen molar-refractivity contribution in [1.82, 2.24) is 14.9 Å². The summed E-state index contributed by atoms with van der Waals surface area (Å²) in [5, 5.41) is 3.22. The Morgan fingerprint density at radius 1 is 1.32 bits per heavy atom. The molecule has 2 aliphatic rings. The molecule has 0 aliphatic carbocycles. The normalized spacial score (nSPS) is 23.1. The summed E-state index contributed by atoms with van der Waals surface area (Å²) in [4.78, 5) is 17.0. The Kier molecular flexibility index (Phi) is 3.33. The minimum absolute atomic E-state index is 0.103. The number of carbonyl (C=O) groups is 1. The molecule has 5 nitrogen and oxygen atoms in total. The zero-order valence-corrected chi connectivity index (χ0v) is 12.4. The number of nitrogens with zero attached hydrogens (tertiary/aromatic N) is 2. The SMILES string of the molecule is O=C(N[C@H]1CCc2nccn2C1)[C@H]1CCOc2ccccc21. The minimum atomic E-state index is -0.103. The van der Waals surface area contributed by atoms with Crippen molar-refractivity contribution in [2.75, 3.05) is 6.61 Å². The van der Waals surface area contributed by atoms with E-state index in [2.05, 4.69) is 14.9 Å². The van der Waals surface area contributed by atoms with E-state index in [9.17, 15) is 4.79 Å². The van der Waals surface area contributed by atoms with E-state index in [4.69, 9.17) is 4.74 Å². The number of aryl methyl sites for hydroxylation is 1. The summed E-state index contributed by atoms with van der Waals surface area (Å²) in [5.74, 6) is 1.97. The van der Waals surface area contributed by atoms with Crippen LogP contribution in [0.5, 0.6) is 5.75 Å². The summed E-state index contributed by atoms with van der Waals surface area (Å²) >= 11 is 0. The fraction of sp³-hybridized carbons (Fsp3) is 0.412. The largest absolute Gasteiger partial charge is 0.493 e. The van der Waals surface area contributed by atoms with Crippen molar-refractivity contribution in [3.63, 3.8) is 0 Å². The van der Waals surface area contributed by atoms with Crippen LogP contribution in [-0.2, 0) is 17.8 Å². The highest BCUT2D eigenvalue weighted by Gasteiger charge is 2.29. The maximum Gasteiger partial charge on any atom is 0.228 e. The van der Waals surface area contributed by atoms with Crippen molar-refractivity contribution in [2.24, 2.45) is 0 Å². The Balaban J connectivity index is 1.47. The number of imidazole rings is 1. The summed E-state index contributed by atoms with van der Waals surface area (Å²) < 4.78 is 7.77. The number of hydrogen-bond donors (Lipinski definition) is 1. The van der Waals surface area contributed by atoms with Crippen LogP contribution in [0.25, 0.3) is 0 Å². The third-order valence-corrected chi connectivity index (χ3v) is 4.56. The van der Waals surface area contributed by atoms with Crippen LogP contribution >= 0.6 is 0 Å². The smallest absolute Gasteiger partial charge is 0.228 e. The number of rotatable bonds is 2. The van der Waals surface area contributed by atoms with Gasteiger partial charge in [-0.15, -0.1) is 0 Å². The number of benzene rings is 1. The van der Waals surface area contributed by atoms with Crippen LogP contribution in [0.1, 0.15) is 30.1 Å². The minimum Gasteiger partial charge on any atom is -0.493 e. The molecule has 3 heterocycles. The van der Waals surface area contributed by atoms with Crippen molar-refractivity contribution in [3.05, 3.63) is 48.0 Å². The molecule has 0 bridgehead atoms. The number of hydrogen-bond acceptors (Lipinski definition) is 3. The number of nitrogens with one attached hydrogen (secondary N) is 1. The van der Waals surface area contributed by atoms with Gasteiger partial charge in [-0.05, 0) is 18.9 Å². The first kappa shape index (κ1) is 13.4. The first-order chi connectivity index (χ1) is 10.8. The van der Waals surface area contributed by atoms with E-state index < -0.39 is 0 Å². The number of carbonyl (C=O) groups excluding carboxylic acids is 1. The van der Waals surface area contributed by atoms with Gasteiger partial charge in [0, 0.05) is 37.0 Å². The highest BCUT2D eigenvalue weighted by molar-refractivity contribution is 5.85. The standard InChI is InChI=1S/C17H19N3O2/c21-17(14-7-10-22-15-4-2-1-3-13(14)15)19-12-5-6-16-18-8-9-20(16)11-12/h1-4,8-9,12,14H,5-7,10-11H2,(H,19,21)/t12-,14-/m0/s1. The number of amides is 1. The Morgan fingerprint density at radius 2 is 2.23 bits per heavy atom. The van der Waals surface area contributed by atoms with Gasteiger partial charge >= 0.3 is 0 Å². The second-order valence-electron chi connectivity index (χ2n) is 5.97. The molecule has 0 saturated heterocycles. The van der Waals surface area contributed by atoms with Crippen LogP contribution in [0.15, 0.2) is 36.7 Å². The summed E-state index contributed by atoms with van der Waals surface area (Å²) in [6.07, 6.45) is 6.42. The van der Waals surface area contributed by atoms with Gasteiger partial charge < -0.3 is 14.6 Å². The fourth-order valence-corrected chi connectivity index (χ4v) is 3.40. The predicted molar refractivity (Wildman–Crippen MR) is 81.8 cm³/mol. The van der Waals surface area contributed by atoms with Crippen LogP contribution in [0, 0.1) is 0 Å². The summed E-state index contributed by atoms with van der Waals surface area (Å²) in [7, 11) is 0. The van der Waals surface area contributed by atoms with Crippen LogP contribution in [0.4, 0.5) is 0 Å². The van der Waals surface area contributed by atoms with Gasteiger partial charge in [0.2, 0.25) is 5.91 Å². The van der Waals surface area contributed by atoms with Crippen molar-refractivity contribution >= 4 is 5.91 Å². The molecule has 1 N–H and O–H groups in total. The lowest BCUT2D eigenvalue weighted by molar-refractivity contribution is -0.124. The third kappa shape index (κ3) is 2.36. The van der Waals surface area contributed by atoms with Crippen molar-refractivity contribution in [1.29, 1.82) is 0 Å². The third-order valence-electron chi connectivity index (χ3n) is 4.56. The molecule has 1 aromatic heterocycles. The Hall–Kier alpha value is -2.30. The zero-order valence-electron chi connectivity index (χ0n) is 12.4. The van der Waals surface area contributed by atoms with Gasteiger partial charge in [-0.1, -0.05) is 18.2 Å². The van der Waals surface area contributed by atoms with Gasteiger partial charge in [-0.3, -0.25) is 4.79 Å². The Morgan fingerprint density at radius 3 is 3.18 bits per heavy atom. The number of aromatic nitrogens is 2. The van der Waals surface area contributed by atoms with Gasteiger partial charge in [-0.2, -0.15) is 0 Å². The van der Waals surface area contributed by atoms with Crippen molar-refractivity contribution < 1.29 is 9.53 Å². The molecule has 1 aromatic carbocycles. The maximum absolute atomic E-state index is 12.7. The first-order valence-electron chi connectivity index (χ1n) is 7.83. The highest BCUT2D eigenvalue weighted by atomic mass is 16.5. The van der Waals surface area contributed by atoms with Crippen molar-refractivity contribution in [2.45, 2.75) is 37.8 Å². The van der Waals surface area contributed by atoms with E-state index in [1.165, 1.54) is 0 Å². The lowest BCUT2D eigenvalue weighted by Gasteiger charge is -2.29. The van der Waals surface area contributed by atoms with Gasteiger partial charge in [0.15, 0.2) is 0 Å². The molecule has 0 fully saturated rings. The van der Waals surface area contributed by atoms with Crippen LogP contribution in [-0.4, -0.2) is 28.1 Å². The number of ether oxygens (including phenoxy) is 1. The molecule has 0 radical (unpaired) electrons. The molecule has 0 spiro atoms. The second kappa shape index (κ2) is 5.48. The van der Waals surface area contributed by atoms with Gasteiger partial charge in [0.25, 0.3) is 0 Å². The number of para-hydroxylation sites is 1. The fourth-order valence-electron chi connectivity index (χ4n) is 3.40. The molecule has 22 heavy (non-hydrogen) atoms. The quantitative estimate of drug-likeness (QED) is 0.921. The van der Waals surface area contributed by atoms with Crippen LogP contribution in [0.3, 0.4) is 0 Å². The molecule has 1 amide bonds. The van der Waals surface area contributed by atoms with Crippen molar-refractivity contribution in [3.8, 4) is 5.75 Å². The van der Waals surface area contributed by atoms with Gasteiger partial charge in [0.05, 0.1) is 12.5 Å². The zero-order chi connectivity index (χ0) is 14.9. The maximum atomic E-state index is 12.7. The molecule has 2 atom stereocenters. The first-order valence-corrected chi connectivity index (χ1v) is 7.83. The van der Waals surface area contributed by atoms with Gasteiger partial charge in [0.1, 0.15) is 11.6 Å². The molecule has 0 unspecified atom stereocenters. The van der Waals surface area contributed by atoms with E-state index in [1.807, 2.05) is 36.7 Å². The van der Waals surface area contributed by atoms with E-state index >= 15 is 0 Å². The molecule has 114 valence electrons. The van der Waals surface area contributed by atoms with E-state index in [-0.39, 0.29) is 17.9 Å². The number of fused-ring (bicyclic) bond motifs is 2. The molecule has 4 rings (SSSR count). The average Bonchev–Trinajstić information content (AvgIpc) is 3.02. The van der Waals surface area contributed by atoms with Gasteiger partial charge in [-0.25, -0.2) is 4.98 Å². The highest BCUT2D eigenvalue weighted by Crippen LogP contribution is 2.33. The monoisotopic (exact) mass is 297 g/mol. The van der Waals surface area contributed by atoms with E-state index in [0.29, 0.717) is 6.61 Å². The predicted octanol–water partition coefficient (Wildman–Crippen LogP) is 1.88. The second-order valence-corrected chi connectivity index (χ2v) is 5.97. The molecular weight excluding hydrogens is 278 g/mol. The summed E-state index contributed by atoms with van der Waals surface area (Å²) in [6, 6.07) is 8.03. The topological polar surface area (TPSA) is 56.2 Å². The molecule has 2 aliphatic heterocycles. The summed E-state index contributed by atoms with van der Waals surface area (Å²) in [6.45, 7) is 1.41. The molecule has 5 heteroatoms. The molecule has 2 aromatic rings. The van der Waals surface area contributed by atoms with Crippen LogP contribution < -0.4 is 10.1 Å².